The van der Waals surface area contributed by atoms with Crippen LogP contribution in [0.5, 0.6) is 5.75 Å². The molecule has 1 fully saturated rings. The quantitative estimate of drug-likeness (QED) is 0.736. The Morgan fingerprint density at radius 2 is 1.79 bits per heavy atom. The van der Waals surface area contributed by atoms with Crippen LogP contribution in [0.25, 0.3) is 0 Å². The van der Waals surface area contributed by atoms with Crippen LogP contribution in [0, 0.1) is 5.82 Å². The topological polar surface area (TPSA) is 75.7 Å². The molecule has 1 saturated heterocycles. The first-order valence-electron chi connectivity index (χ1n) is 8.86. The molecular formula is C19H19F3N2O4S. The highest BCUT2D eigenvalue weighted by atomic mass is 32.2. The van der Waals surface area contributed by atoms with Gasteiger partial charge in [-0.3, -0.25) is 4.79 Å². The number of hydrogen-bond acceptors (Lipinski definition) is 4. The number of nitrogens with one attached hydrogen (secondary N) is 1. The average molecular weight is 428 g/mol. The van der Waals surface area contributed by atoms with E-state index in [1.165, 1.54) is 36.4 Å². The lowest BCUT2D eigenvalue weighted by Crippen LogP contribution is -2.45. The van der Waals surface area contributed by atoms with E-state index in [-0.39, 0.29) is 23.7 Å². The molecule has 1 unspecified atom stereocenters. The first-order chi connectivity index (χ1) is 13.8. The SMILES string of the molecule is O=C(NCc1ccc(OC(F)F)cc1)C1CCCN1S(=O)(=O)c1ccc(F)cc1. The Morgan fingerprint density at radius 3 is 2.41 bits per heavy atom. The number of carbonyl (C=O) groups excluding carboxylic acids is 1. The molecule has 1 amide bonds. The maximum absolute atomic E-state index is 13.1. The number of benzene rings is 2. The summed E-state index contributed by atoms with van der Waals surface area (Å²) < 4.78 is 68.4. The molecule has 3 rings (SSSR count). The van der Waals surface area contributed by atoms with Crippen LogP contribution in [0.3, 0.4) is 0 Å². The third-order valence-electron chi connectivity index (χ3n) is 4.54. The molecule has 10 heteroatoms. The molecule has 0 bridgehead atoms. The first-order valence-corrected chi connectivity index (χ1v) is 10.3. The zero-order valence-corrected chi connectivity index (χ0v) is 16.0. The summed E-state index contributed by atoms with van der Waals surface area (Å²) in [4.78, 5) is 12.5. The molecule has 2 aromatic rings. The van der Waals surface area contributed by atoms with Crippen LogP contribution in [0.15, 0.2) is 53.4 Å². The second-order valence-electron chi connectivity index (χ2n) is 6.47. The van der Waals surface area contributed by atoms with Crippen LogP contribution >= 0.6 is 0 Å². The Morgan fingerprint density at radius 1 is 1.14 bits per heavy atom. The number of carbonyl (C=O) groups is 1. The summed E-state index contributed by atoms with van der Waals surface area (Å²) in [6.45, 7) is -2.62. The molecule has 1 N–H and O–H groups in total. The molecular weight excluding hydrogens is 409 g/mol. The highest BCUT2D eigenvalue weighted by Gasteiger charge is 2.39. The molecule has 156 valence electrons. The molecule has 0 radical (unpaired) electrons. The Kier molecular flexibility index (Phi) is 6.43. The third kappa shape index (κ3) is 5.07. The molecule has 2 aromatic carbocycles. The van der Waals surface area contributed by atoms with Crippen molar-refractivity contribution in [1.82, 2.24) is 9.62 Å². The number of ether oxygens (including phenoxy) is 1. The molecule has 0 saturated carbocycles. The lowest BCUT2D eigenvalue weighted by molar-refractivity contribution is -0.124. The van der Waals surface area contributed by atoms with Crippen LogP contribution in [-0.4, -0.2) is 37.8 Å². The fourth-order valence-electron chi connectivity index (χ4n) is 3.13. The predicted molar refractivity (Wildman–Crippen MR) is 98.2 cm³/mol. The highest BCUT2D eigenvalue weighted by Crippen LogP contribution is 2.26. The van der Waals surface area contributed by atoms with Crippen molar-refractivity contribution in [2.24, 2.45) is 0 Å². The van der Waals surface area contributed by atoms with Gasteiger partial charge in [0, 0.05) is 13.1 Å². The van der Waals surface area contributed by atoms with Gasteiger partial charge in [0.05, 0.1) is 4.90 Å². The smallest absolute Gasteiger partial charge is 0.387 e. The van der Waals surface area contributed by atoms with E-state index >= 15 is 0 Å². The van der Waals surface area contributed by atoms with Gasteiger partial charge in [-0.25, -0.2) is 12.8 Å². The Labute approximate surface area is 166 Å². The minimum atomic E-state index is -3.93. The summed E-state index contributed by atoms with van der Waals surface area (Å²) in [5.74, 6) is -1.01. The fourth-order valence-corrected chi connectivity index (χ4v) is 4.78. The van der Waals surface area contributed by atoms with Gasteiger partial charge in [-0.1, -0.05) is 12.1 Å². The number of nitrogens with zero attached hydrogens (tertiary/aromatic N) is 1. The van der Waals surface area contributed by atoms with Crippen LogP contribution in [0.2, 0.25) is 0 Å². The molecule has 29 heavy (non-hydrogen) atoms. The van der Waals surface area contributed by atoms with Gasteiger partial charge in [-0.05, 0) is 54.8 Å². The van der Waals surface area contributed by atoms with Crippen LogP contribution < -0.4 is 10.1 Å². The van der Waals surface area contributed by atoms with Crippen LogP contribution in [0.4, 0.5) is 13.2 Å². The summed E-state index contributed by atoms with van der Waals surface area (Å²) in [6.07, 6.45) is 0.894. The van der Waals surface area contributed by atoms with E-state index in [9.17, 15) is 26.4 Å². The van der Waals surface area contributed by atoms with Gasteiger partial charge in [0.25, 0.3) is 0 Å². The predicted octanol–water partition coefficient (Wildman–Crippen LogP) is 2.90. The van der Waals surface area contributed by atoms with E-state index in [0.717, 1.165) is 16.4 Å². The maximum Gasteiger partial charge on any atom is 0.387 e. The Bertz CT molecular complexity index is 950. The van der Waals surface area contributed by atoms with Crippen molar-refractivity contribution in [1.29, 1.82) is 0 Å². The summed E-state index contributed by atoms with van der Waals surface area (Å²) in [6, 6.07) is 9.34. The second-order valence-corrected chi connectivity index (χ2v) is 8.36. The largest absolute Gasteiger partial charge is 0.435 e. The molecule has 0 aromatic heterocycles. The molecule has 1 heterocycles. The van der Waals surface area contributed by atoms with E-state index in [1.54, 1.807) is 0 Å². The number of sulfonamides is 1. The number of rotatable bonds is 7. The van der Waals surface area contributed by atoms with Crippen LogP contribution in [0.1, 0.15) is 18.4 Å². The van der Waals surface area contributed by atoms with Crippen molar-refractivity contribution in [3.05, 3.63) is 59.9 Å². The Hall–Kier alpha value is -2.59. The molecule has 0 spiro atoms. The van der Waals surface area contributed by atoms with Gasteiger partial charge in [-0.2, -0.15) is 13.1 Å². The summed E-state index contributed by atoms with van der Waals surface area (Å²) in [5.41, 5.74) is 0.644. The summed E-state index contributed by atoms with van der Waals surface area (Å²) in [7, 11) is -3.93. The van der Waals surface area contributed by atoms with E-state index in [2.05, 4.69) is 10.1 Å². The molecule has 6 nitrogen and oxygen atoms in total. The number of amides is 1. The van der Waals surface area contributed by atoms with Gasteiger partial charge < -0.3 is 10.1 Å². The summed E-state index contributed by atoms with van der Waals surface area (Å²) in [5, 5.41) is 2.67. The van der Waals surface area contributed by atoms with Gasteiger partial charge >= 0.3 is 6.61 Å². The number of halogens is 3. The molecule has 1 aliphatic heterocycles. The number of hydrogen-bond donors (Lipinski definition) is 1. The van der Waals surface area contributed by atoms with Gasteiger partial charge in [0.2, 0.25) is 15.9 Å². The lowest BCUT2D eigenvalue weighted by Gasteiger charge is -2.23. The number of alkyl halides is 2. The summed E-state index contributed by atoms with van der Waals surface area (Å²) >= 11 is 0. The zero-order valence-electron chi connectivity index (χ0n) is 15.2. The van der Waals surface area contributed by atoms with Crippen molar-refractivity contribution in [3.63, 3.8) is 0 Å². The molecule has 1 aliphatic rings. The highest BCUT2D eigenvalue weighted by molar-refractivity contribution is 7.89. The van der Waals surface area contributed by atoms with Gasteiger partial charge in [0.1, 0.15) is 17.6 Å². The minimum absolute atomic E-state index is 0.00226. The average Bonchev–Trinajstić information content (AvgIpc) is 3.18. The van der Waals surface area contributed by atoms with Crippen molar-refractivity contribution in [3.8, 4) is 5.75 Å². The van der Waals surface area contributed by atoms with Gasteiger partial charge in [-0.15, -0.1) is 0 Å². The van der Waals surface area contributed by atoms with Crippen molar-refractivity contribution >= 4 is 15.9 Å². The Balaban J connectivity index is 1.64. The standard InChI is InChI=1S/C19H19F3N2O4S/c20-14-5-9-16(10-6-14)29(26,27)24-11-1-2-17(24)18(25)23-12-13-3-7-15(8-4-13)28-19(21)22/h3-10,17,19H,1-2,11-12H2,(H,23,25). The first kappa shape index (κ1) is 21.1. The van der Waals surface area contributed by atoms with E-state index in [0.29, 0.717) is 18.4 Å². The maximum atomic E-state index is 13.1. The van der Waals surface area contributed by atoms with Crippen molar-refractivity contribution in [2.75, 3.05) is 6.54 Å². The zero-order chi connectivity index (χ0) is 21.0. The van der Waals surface area contributed by atoms with Crippen molar-refractivity contribution in [2.45, 2.75) is 36.9 Å². The molecule has 0 aliphatic carbocycles. The normalized spacial score (nSPS) is 17.4. The van der Waals surface area contributed by atoms with Crippen molar-refractivity contribution < 1.29 is 31.1 Å². The minimum Gasteiger partial charge on any atom is -0.435 e. The lowest BCUT2D eigenvalue weighted by atomic mass is 10.2. The monoisotopic (exact) mass is 428 g/mol. The van der Waals surface area contributed by atoms with Gasteiger partial charge in [0.15, 0.2) is 0 Å². The van der Waals surface area contributed by atoms with E-state index in [4.69, 9.17) is 0 Å². The van der Waals surface area contributed by atoms with Crippen LogP contribution in [-0.2, 0) is 21.4 Å². The second kappa shape index (κ2) is 8.83. The third-order valence-corrected chi connectivity index (χ3v) is 6.46. The van der Waals surface area contributed by atoms with E-state index in [1.807, 2.05) is 0 Å². The van der Waals surface area contributed by atoms with E-state index < -0.39 is 34.4 Å². The molecule has 1 atom stereocenters. The fraction of sp³-hybridized carbons (Fsp3) is 0.316.